The van der Waals surface area contributed by atoms with Crippen LogP contribution in [0.4, 0.5) is 0 Å². The van der Waals surface area contributed by atoms with Gasteiger partial charge in [-0.05, 0) is 44.6 Å². The molecular formula is C18H31N3O2. The van der Waals surface area contributed by atoms with Gasteiger partial charge in [-0.1, -0.05) is 19.3 Å². The largest absolute Gasteiger partial charge is 0.370 e. The van der Waals surface area contributed by atoms with Gasteiger partial charge >= 0.3 is 0 Å². The number of hydrogen-bond donors (Lipinski definition) is 1. The molecule has 0 aromatic rings. The highest BCUT2D eigenvalue weighted by Gasteiger charge is 2.48. The number of carbonyl (C=O) groups is 2. The summed E-state index contributed by atoms with van der Waals surface area (Å²) in [5, 5.41) is 0. The summed E-state index contributed by atoms with van der Waals surface area (Å²) in [4.78, 5) is 28.5. The van der Waals surface area contributed by atoms with Crippen molar-refractivity contribution in [3.05, 3.63) is 0 Å². The lowest BCUT2D eigenvalue weighted by Gasteiger charge is -2.41. The molecule has 2 saturated heterocycles. The Kier molecular flexibility index (Phi) is 5.24. The number of likely N-dealkylation sites (tertiary alicyclic amines) is 2. The zero-order chi connectivity index (χ0) is 16.3. The normalized spacial score (nSPS) is 30.3. The molecule has 1 unspecified atom stereocenters. The van der Waals surface area contributed by atoms with Gasteiger partial charge < -0.3 is 15.5 Å². The second-order valence-corrected chi connectivity index (χ2v) is 7.88. The van der Waals surface area contributed by atoms with Crippen molar-refractivity contribution >= 4 is 11.8 Å². The SMILES string of the molecule is NC(=O)CCN1CCC2(CCCN(CC3CCCCC3)C2=O)C1. The van der Waals surface area contributed by atoms with Gasteiger partial charge in [-0.2, -0.15) is 0 Å². The van der Waals surface area contributed by atoms with Gasteiger partial charge in [0.1, 0.15) is 0 Å². The van der Waals surface area contributed by atoms with Crippen LogP contribution in [0.15, 0.2) is 0 Å². The van der Waals surface area contributed by atoms with Gasteiger partial charge in [0, 0.05) is 32.6 Å². The molecule has 3 rings (SSSR count). The van der Waals surface area contributed by atoms with Crippen LogP contribution in [0.2, 0.25) is 0 Å². The van der Waals surface area contributed by atoms with Gasteiger partial charge in [0.05, 0.1) is 5.41 Å². The minimum absolute atomic E-state index is 0.176. The van der Waals surface area contributed by atoms with E-state index in [9.17, 15) is 9.59 Å². The van der Waals surface area contributed by atoms with E-state index in [1.807, 2.05) is 0 Å². The van der Waals surface area contributed by atoms with Crippen LogP contribution < -0.4 is 5.73 Å². The third-order valence-electron chi connectivity index (χ3n) is 6.13. The van der Waals surface area contributed by atoms with E-state index in [2.05, 4.69) is 9.80 Å². The van der Waals surface area contributed by atoms with Crippen LogP contribution in [-0.4, -0.2) is 54.3 Å². The molecule has 2 aliphatic heterocycles. The fraction of sp³-hybridized carbons (Fsp3) is 0.889. The van der Waals surface area contributed by atoms with Gasteiger partial charge in [0.25, 0.3) is 0 Å². The Morgan fingerprint density at radius 3 is 2.65 bits per heavy atom. The van der Waals surface area contributed by atoms with Gasteiger partial charge in [0.15, 0.2) is 0 Å². The number of carbonyl (C=O) groups excluding carboxylic acids is 2. The highest BCUT2D eigenvalue weighted by molar-refractivity contribution is 5.84. The smallest absolute Gasteiger partial charge is 0.230 e. The molecule has 1 spiro atoms. The first kappa shape index (κ1) is 16.7. The lowest BCUT2D eigenvalue weighted by Crippen LogP contribution is -2.51. The third kappa shape index (κ3) is 3.87. The van der Waals surface area contributed by atoms with E-state index in [0.717, 1.165) is 51.4 Å². The van der Waals surface area contributed by atoms with E-state index in [4.69, 9.17) is 5.73 Å². The maximum atomic E-state index is 13.1. The van der Waals surface area contributed by atoms with Gasteiger partial charge in [-0.25, -0.2) is 0 Å². The average molecular weight is 321 g/mol. The number of amides is 2. The summed E-state index contributed by atoms with van der Waals surface area (Å²) in [7, 11) is 0. The Hall–Kier alpha value is -1.10. The fourth-order valence-corrected chi connectivity index (χ4v) is 4.80. The van der Waals surface area contributed by atoms with Crippen LogP contribution in [0, 0.1) is 11.3 Å². The molecule has 23 heavy (non-hydrogen) atoms. The van der Waals surface area contributed by atoms with Gasteiger partial charge in [-0.15, -0.1) is 0 Å². The van der Waals surface area contributed by atoms with E-state index in [1.54, 1.807) is 0 Å². The average Bonchev–Trinajstić information content (AvgIpc) is 2.95. The summed E-state index contributed by atoms with van der Waals surface area (Å²) in [6, 6.07) is 0. The second-order valence-electron chi connectivity index (χ2n) is 7.88. The molecule has 5 heteroatoms. The molecule has 3 fully saturated rings. The topological polar surface area (TPSA) is 66.6 Å². The molecule has 2 amide bonds. The summed E-state index contributed by atoms with van der Waals surface area (Å²) >= 11 is 0. The predicted octanol–water partition coefficient (Wildman–Crippen LogP) is 1.76. The van der Waals surface area contributed by atoms with E-state index in [0.29, 0.717) is 18.9 Å². The second kappa shape index (κ2) is 7.20. The monoisotopic (exact) mass is 321 g/mol. The molecule has 0 radical (unpaired) electrons. The predicted molar refractivity (Wildman–Crippen MR) is 89.7 cm³/mol. The molecular weight excluding hydrogens is 290 g/mol. The Bertz CT molecular complexity index is 448. The van der Waals surface area contributed by atoms with Crippen LogP contribution >= 0.6 is 0 Å². The van der Waals surface area contributed by atoms with Crippen LogP contribution in [0.3, 0.4) is 0 Å². The Balaban J connectivity index is 1.57. The Labute approximate surface area is 139 Å². The molecule has 2 N–H and O–H groups in total. The summed E-state index contributed by atoms with van der Waals surface area (Å²) in [5.41, 5.74) is 5.08. The van der Waals surface area contributed by atoms with Gasteiger partial charge in [0.2, 0.25) is 11.8 Å². The minimum atomic E-state index is -0.250. The zero-order valence-corrected chi connectivity index (χ0v) is 14.3. The molecule has 1 atom stereocenters. The molecule has 130 valence electrons. The van der Waals surface area contributed by atoms with Crippen molar-refractivity contribution in [1.82, 2.24) is 9.80 Å². The van der Waals surface area contributed by atoms with Crippen LogP contribution in [-0.2, 0) is 9.59 Å². The van der Waals surface area contributed by atoms with Crippen molar-refractivity contribution in [3.8, 4) is 0 Å². The number of hydrogen-bond acceptors (Lipinski definition) is 3. The van der Waals surface area contributed by atoms with E-state index < -0.39 is 0 Å². The van der Waals surface area contributed by atoms with Gasteiger partial charge in [-0.3, -0.25) is 9.59 Å². The summed E-state index contributed by atoms with van der Waals surface area (Å²) in [6.45, 7) is 4.36. The summed E-state index contributed by atoms with van der Waals surface area (Å²) < 4.78 is 0. The van der Waals surface area contributed by atoms with Crippen LogP contribution in [0.1, 0.15) is 57.8 Å². The van der Waals surface area contributed by atoms with E-state index in [-0.39, 0.29) is 11.3 Å². The van der Waals surface area contributed by atoms with Crippen molar-refractivity contribution in [3.63, 3.8) is 0 Å². The summed E-state index contributed by atoms with van der Waals surface area (Å²) in [5.74, 6) is 0.853. The number of rotatable bonds is 5. The third-order valence-corrected chi connectivity index (χ3v) is 6.13. The Morgan fingerprint density at radius 1 is 1.13 bits per heavy atom. The van der Waals surface area contributed by atoms with Crippen LogP contribution in [0.25, 0.3) is 0 Å². The lowest BCUT2D eigenvalue weighted by atomic mass is 9.77. The maximum Gasteiger partial charge on any atom is 0.230 e. The van der Waals surface area contributed by atoms with Crippen molar-refractivity contribution in [2.45, 2.75) is 57.8 Å². The zero-order valence-electron chi connectivity index (χ0n) is 14.3. The number of nitrogens with two attached hydrogens (primary N) is 1. The van der Waals surface area contributed by atoms with Crippen LogP contribution in [0.5, 0.6) is 0 Å². The first-order valence-corrected chi connectivity index (χ1v) is 9.39. The van der Waals surface area contributed by atoms with E-state index >= 15 is 0 Å². The molecule has 1 saturated carbocycles. The molecule has 0 aromatic heterocycles. The lowest BCUT2D eigenvalue weighted by molar-refractivity contribution is -0.146. The molecule has 5 nitrogen and oxygen atoms in total. The molecule has 3 aliphatic rings. The first-order chi connectivity index (χ1) is 11.1. The number of primary amides is 1. The minimum Gasteiger partial charge on any atom is -0.370 e. The molecule has 0 bridgehead atoms. The quantitative estimate of drug-likeness (QED) is 0.839. The van der Waals surface area contributed by atoms with E-state index in [1.165, 1.54) is 32.1 Å². The number of nitrogens with zero attached hydrogens (tertiary/aromatic N) is 2. The van der Waals surface area contributed by atoms with Crippen molar-refractivity contribution < 1.29 is 9.59 Å². The van der Waals surface area contributed by atoms with Crippen molar-refractivity contribution in [2.75, 3.05) is 32.7 Å². The fourth-order valence-electron chi connectivity index (χ4n) is 4.80. The first-order valence-electron chi connectivity index (χ1n) is 9.39. The van der Waals surface area contributed by atoms with Crippen molar-refractivity contribution in [1.29, 1.82) is 0 Å². The number of piperidine rings is 1. The highest BCUT2D eigenvalue weighted by atomic mass is 16.2. The Morgan fingerprint density at radius 2 is 1.91 bits per heavy atom. The molecule has 1 aliphatic carbocycles. The van der Waals surface area contributed by atoms with Crippen molar-refractivity contribution in [2.24, 2.45) is 17.1 Å². The molecule has 0 aromatic carbocycles. The maximum absolute atomic E-state index is 13.1. The summed E-state index contributed by atoms with van der Waals surface area (Å²) in [6.07, 6.45) is 10.1. The highest BCUT2D eigenvalue weighted by Crippen LogP contribution is 2.40. The standard InChI is InChI=1S/C18H31N3O2/c19-16(22)7-11-20-12-9-18(14-20)8-4-10-21(17(18)23)13-15-5-2-1-3-6-15/h15H,1-14H2,(H2,19,22). The molecule has 2 heterocycles.